The van der Waals surface area contributed by atoms with Gasteiger partial charge in [-0.15, -0.1) is 0 Å². The zero-order chi connectivity index (χ0) is 16.4. The average Bonchev–Trinajstić information content (AvgIpc) is 2.57. The summed E-state index contributed by atoms with van der Waals surface area (Å²) in [4.78, 5) is 28.7. The van der Waals surface area contributed by atoms with Gasteiger partial charge >= 0.3 is 0 Å². The van der Waals surface area contributed by atoms with Crippen molar-refractivity contribution < 1.29 is 4.79 Å². The van der Waals surface area contributed by atoms with Gasteiger partial charge in [-0.25, -0.2) is 0 Å². The highest BCUT2D eigenvalue weighted by Crippen LogP contribution is 2.19. The highest BCUT2D eigenvalue weighted by molar-refractivity contribution is 6.00. The Balaban J connectivity index is 2.28. The third-order valence-corrected chi connectivity index (χ3v) is 3.69. The van der Waals surface area contributed by atoms with Crippen molar-refractivity contribution in [2.24, 2.45) is 0 Å². The highest BCUT2D eigenvalue weighted by atomic mass is 16.2. The number of nitrogens with zero attached hydrogens (tertiary/aromatic N) is 2. The van der Waals surface area contributed by atoms with E-state index < -0.39 is 5.91 Å². The molecule has 0 saturated carbocycles. The van der Waals surface area contributed by atoms with Crippen LogP contribution in [0.5, 0.6) is 0 Å². The van der Waals surface area contributed by atoms with E-state index in [0.717, 1.165) is 5.56 Å². The van der Waals surface area contributed by atoms with Gasteiger partial charge in [0.15, 0.2) is 0 Å². The van der Waals surface area contributed by atoms with Gasteiger partial charge in [0.05, 0.1) is 10.9 Å². The number of amides is 1. The normalized spacial score (nSPS) is 10.7. The molecule has 2 aromatic heterocycles. The fourth-order valence-electron chi connectivity index (χ4n) is 2.58. The van der Waals surface area contributed by atoms with Crippen molar-refractivity contribution >= 4 is 22.5 Å². The predicted molar refractivity (Wildman–Crippen MR) is 89.3 cm³/mol. The topological polar surface area (TPSA) is 90.0 Å². The molecule has 0 unspecified atom stereocenters. The Labute approximate surface area is 132 Å². The molecule has 3 aromatic rings. The Morgan fingerprint density at radius 2 is 2.13 bits per heavy atom. The van der Waals surface area contributed by atoms with Gasteiger partial charge in [0.1, 0.15) is 5.56 Å². The summed E-state index contributed by atoms with van der Waals surface area (Å²) in [5.41, 5.74) is 7.69. The van der Waals surface area contributed by atoms with Gasteiger partial charge in [-0.3, -0.25) is 14.6 Å². The second kappa shape index (κ2) is 5.92. The van der Waals surface area contributed by atoms with Crippen molar-refractivity contribution in [1.82, 2.24) is 14.9 Å². The first-order chi connectivity index (χ1) is 11.1. The summed E-state index contributed by atoms with van der Waals surface area (Å²) in [5.74, 6) is -0.430. The van der Waals surface area contributed by atoms with Gasteiger partial charge < -0.3 is 15.6 Å². The van der Waals surface area contributed by atoms with Crippen LogP contribution in [0.25, 0.3) is 10.9 Å². The minimum absolute atomic E-state index is 0.0711. The Morgan fingerprint density at radius 3 is 2.83 bits per heavy atom. The predicted octanol–water partition coefficient (Wildman–Crippen LogP) is 1.39. The minimum Gasteiger partial charge on any atom is -0.398 e. The molecule has 3 rings (SSSR count). The molecule has 1 aromatic carbocycles. The van der Waals surface area contributed by atoms with Crippen LogP contribution in [0, 0.1) is 0 Å². The molecule has 3 N–H and O–H groups in total. The molecule has 0 aliphatic carbocycles. The third kappa shape index (κ3) is 2.66. The number of nitrogens with two attached hydrogens (primary N) is 1. The zero-order valence-electron chi connectivity index (χ0n) is 12.6. The van der Waals surface area contributed by atoms with E-state index in [-0.39, 0.29) is 11.0 Å². The molecular weight excluding hydrogens is 292 g/mol. The van der Waals surface area contributed by atoms with Crippen molar-refractivity contribution in [3.63, 3.8) is 0 Å². The molecule has 0 aliphatic heterocycles. The van der Waals surface area contributed by atoms with Crippen molar-refractivity contribution in [1.29, 1.82) is 0 Å². The van der Waals surface area contributed by atoms with Crippen molar-refractivity contribution in [2.75, 3.05) is 12.8 Å². The first-order valence-corrected chi connectivity index (χ1v) is 7.14. The maximum Gasteiger partial charge on any atom is 0.256 e. The lowest BCUT2D eigenvalue weighted by Crippen LogP contribution is -2.27. The lowest BCUT2D eigenvalue weighted by Gasteiger charge is -2.14. The molecule has 1 amide bonds. The van der Waals surface area contributed by atoms with Crippen LogP contribution in [0.15, 0.2) is 53.7 Å². The smallest absolute Gasteiger partial charge is 0.256 e. The van der Waals surface area contributed by atoms with E-state index in [2.05, 4.69) is 10.3 Å². The Bertz CT molecular complexity index is 932. The number of aromatic nitrogens is 2. The maximum atomic E-state index is 12.6. The largest absolute Gasteiger partial charge is 0.398 e. The van der Waals surface area contributed by atoms with Crippen LogP contribution in [-0.4, -0.2) is 22.5 Å². The quantitative estimate of drug-likeness (QED) is 0.715. The molecule has 116 valence electrons. The van der Waals surface area contributed by atoms with Crippen LogP contribution < -0.4 is 16.5 Å². The van der Waals surface area contributed by atoms with E-state index in [4.69, 9.17) is 5.73 Å². The van der Waals surface area contributed by atoms with Crippen LogP contribution in [0.4, 0.5) is 5.69 Å². The number of nitrogen functional groups attached to an aromatic ring is 1. The summed E-state index contributed by atoms with van der Waals surface area (Å²) in [6.07, 6.45) is 5.01. The summed E-state index contributed by atoms with van der Waals surface area (Å²) in [7, 11) is 1.49. The van der Waals surface area contributed by atoms with E-state index in [0.29, 0.717) is 23.1 Å². The van der Waals surface area contributed by atoms with Gasteiger partial charge in [-0.2, -0.15) is 0 Å². The maximum absolute atomic E-state index is 12.6. The fraction of sp³-hybridized carbons (Fsp3) is 0.118. The number of carbonyl (C=O) groups is 1. The Hall–Kier alpha value is -3.15. The van der Waals surface area contributed by atoms with Gasteiger partial charge in [-0.1, -0.05) is 12.1 Å². The summed E-state index contributed by atoms with van der Waals surface area (Å²) >= 11 is 0. The van der Waals surface area contributed by atoms with Crippen LogP contribution in [-0.2, 0) is 6.54 Å². The minimum atomic E-state index is -0.430. The number of nitrogens with one attached hydrogen (secondary N) is 1. The molecule has 6 nitrogen and oxygen atoms in total. The first kappa shape index (κ1) is 14.8. The number of carbonyl (C=O) groups excluding carboxylic acids is 1. The number of anilines is 1. The molecule has 0 radical (unpaired) electrons. The molecule has 0 fully saturated rings. The average molecular weight is 308 g/mol. The van der Waals surface area contributed by atoms with E-state index in [9.17, 15) is 9.59 Å². The Morgan fingerprint density at radius 1 is 1.30 bits per heavy atom. The Kier molecular flexibility index (Phi) is 3.80. The molecule has 0 spiro atoms. The molecule has 2 heterocycles. The lowest BCUT2D eigenvalue weighted by atomic mass is 10.1. The molecule has 0 saturated heterocycles. The zero-order valence-corrected chi connectivity index (χ0v) is 12.6. The summed E-state index contributed by atoms with van der Waals surface area (Å²) < 4.78 is 1.84. The van der Waals surface area contributed by atoms with Crippen molar-refractivity contribution in [3.05, 3.63) is 70.3 Å². The van der Waals surface area contributed by atoms with Gasteiger partial charge in [0.25, 0.3) is 5.91 Å². The second-order valence-corrected chi connectivity index (χ2v) is 5.18. The SMILES string of the molecule is CNC(=O)c1cn(Cc2cccnc2)c2cccc(N)c2c1=O. The van der Waals surface area contributed by atoms with Crippen molar-refractivity contribution in [2.45, 2.75) is 6.54 Å². The van der Waals surface area contributed by atoms with Gasteiger partial charge in [0, 0.05) is 37.9 Å². The number of fused-ring (bicyclic) bond motifs is 1. The number of hydrogen-bond acceptors (Lipinski definition) is 4. The fourth-order valence-corrected chi connectivity index (χ4v) is 2.58. The first-order valence-electron chi connectivity index (χ1n) is 7.14. The third-order valence-electron chi connectivity index (χ3n) is 3.69. The number of benzene rings is 1. The molecular formula is C17H16N4O2. The van der Waals surface area contributed by atoms with Crippen LogP contribution >= 0.6 is 0 Å². The summed E-state index contributed by atoms with van der Waals surface area (Å²) in [6, 6.07) is 9.04. The molecule has 0 atom stereocenters. The van der Waals surface area contributed by atoms with E-state index in [1.165, 1.54) is 7.05 Å². The van der Waals surface area contributed by atoms with Crippen LogP contribution in [0.2, 0.25) is 0 Å². The number of rotatable bonds is 3. The molecule has 0 aliphatic rings. The second-order valence-electron chi connectivity index (χ2n) is 5.18. The molecule has 23 heavy (non-hydrogen) atoms. The van der Waals surface area contributed by atoms with E-state index in [1.807, 2.05) is 22.8 Å². The standard InChI is InChI=1S/C17H16N4O2/c1-19-17(23)12-10-21(9-11-4-3-7-20-8-11)14-6-2-5-13(18)15(14)16(12)22/h2-8,10H,9,18H2,1H3,(H,19,23). The highest BCUT2D eigenvalue weighted by Gasteiger charge is 2.16. The summed E-state index contributed by atoms with van der Waals surface area (Å²) in [5, 5.41) is 2.85. The van der Waals surface area contributed by atoms with E-state index in [1.54, 1.807) is 30.7 Å². The molecule has 0 bridgehead atoms. The van der Waals surface area contributed by atoms with Crippen molar-refractivity contribution in [3.8, 4) is 0 Å². The lowest BCUT2D eigenvalue weighted by molar-refractivity contribution is 0.0961. The van der Waals surface area contributed by atoms with Crippen LogP contribution in [0.1, 0.15) is 15.9 Å². The van der Waals surface area contributed by atoms with Gasteiger partial charge in [-0.05, 0) is 23.8 Å². The van der Waals surface area contributed by atoms with E-state index >= 15 is 0 Å². The summed E-state index contributed by atoms with van der Waals surface area (Å²) in [6.45, 7) is 0.484. The monoisotopic (exact) mass is 308 g/mol. The van der Waals surface area contributed by atoms with Gasteiger partial charge in [0.2, 0.25) is 5.43 Å². The molecule has 6 heteroatoms. The number of pyridine rings is 2. The van der Waals surface area contributed by atoms with Crippen LogP contribution in [0.3, 0.4) is 0 Å². The number of hydrogen-bond donors (Lipinski definition) is 2.